The van der Waals surface area contributed by atoms with Crippen molar-refractivity contribution < 1.29 is 9.18 Å². The van der Waals surface area contributed by atoms with Crippen molar-refractivity contribution in [1.82, 2.24) is 0 Å². The molecule has 1 nitrogen and oxygen atoms in total. The van der Waals surface area contributed by atoms with Gasteiger partial charge in [0, 0.05) is 5.56 Å². The number of halogens is 2. The smallest absolute Gasteiger partial charge is 0.161 e. The van der Waals surface area contributed by atoms with E-state index in [1.54, 1.807) is 6.92 Å². The maximum atomic E-state index is 12.8. The molecule has 1 aromatic carbocycles. The van der Waals surface area contributed by atoms with Crippen LogP contribution in [0.4, 0.5) is 4.39 Å². The maximum absolute atomic E-state index is 12.8. The highest BCUT2D eigenvalue weighted by Crippen LogP contribution is 2.23. The summed E-state index contributed by atoms with van der Waals surface area (Å²) in [5, 5.41) is -0.0810. The topological polar surface area (TPSA) is 17.1 Å². The third-order valence-corrected chi connectivity index (χ3v) is 2.02. The largest absolute Gasteiger partial charge is 0.294 e. The van der Waals surface area contributed by atoms with Gasteiger partial charge in [0.1, 0.15) is 5.82 Å². The monoisotopic (exact) mass is 186 g/mol. The number of aryl methyl sites for hydroxylation is 1. The highest BCUT2D eigenvalue weighted by molar-refractivity contribution is 6.34. The number of carbonyl (C=O) groups excluding carboxylic acids is 1. The van der Waals surface area contributed by atoms with Gasteiger partial charge in [0.15, 0.2) is 5.78 Å². The van der Waals surface area contributed by atoms with Gasteiger partial charge < -0.3 is 0 Å². The van der Waals surface area contributed by atoms with Crippen LogP contribution in [0, 0.1) is 12.7 Å². The lowest BCUT2D eigenvalue weighted by Gasteiger charge is -2.04. The fourth-order valence-electron chi connectivity index (χ4n) is 1.08. The number of rotatable bonds is 1. The average Bonchev–Trinajstić information content (AvgIpc) is 1.97. The molecule has 0 atom stereocenters. The predicted octanol–water partition coefficient (Wildman–Crippen LogP) is 2.99. The molecule has 0 spiro atoms. The molecular weight excluding hydrogens is 179 g/mol. The lowest BCUT2D eigenvalue weighted by Crippen LogP contribution is -1.98. The van der Waals surface area contributed by atoms with E-state index in [9.17, 15) is 9.18 Å². The first-order chi connectivity index (χ1) is 5.54. The van der Waals surface area contributed by atoms with Gasteiger partial charge >= 0.3 is 0 Å². The number of hydrogen-bond acceptors (Lipinski definition) is 1. The number of ketones is 1. The van der Waals surface area contributed by atoms with Crippen molar-refractivity contribution in [3.8, 4) is 0 Å². The Morgan fingerprint density at radius 3 is 2.50 bits per heavy atom. The van der Waals surface area contributed by atoms with Gasteiger partial charge in [-0.25, -0.2) is 4.39 Å². The van der Waals surface area contributed by atoms with Crippen molar-refractivity contribution in [2.75, 3.05) is 0 Å². The molecule has 0 amide bonds. The molecular formula is C9H8ClFO. The van der Waals surface area contributed by atoms with Gasteiger partial charge in [-0.15, -0.1) is 0 Å². The van der Waals surface area contributed by atoms with E-state index in [1.807, 2.05) is 0 Å². The van der Waals surface area contributed by atoms with Crippen molar-refractivity contribution >= 4 is 17.4 Å². The van der Waals surface area contributed by atoms with Gasteiger partial charge in [-0.3, -0.25) is 4.79 Å². The quantitative estimate of drug-likeness (QED) is 0.617. The molecule has 64 valence electrons. The van der Waals surface area contributed by atoms with Crippen LogP contribution in [0.2, 0.25) is 5.02 Å². The Balaban J connectivity index is 3.43. The summed E-state index contributed by atoms with van der Waals surface area (Å²) in [6, 6.07) is 2.79. The summed E-state index contributed by atoms with van der Waals surface area (Å²) in [4.78, 5) is 11.0. The van der Waals surface area contributed by atoms with Crippen LogP contribution in [0.1, 0.15) is 22.8 Å². The number of Topliss-reactive ketones (excluding diaryl/α,β-unsaturated/α-hetero) is 1. The van der Waals surface area contributed by atoms with E-state index in [-0.39, 0.29) is 16.4 Å². The van der Waals surface area contributed by atoms with Gasteiger partial charge in [0.05, 0.1) is 5.02 Å². The lowest BCUT2D eigenvalue weighted by atomic mass is 10.1. The Labute approximate surface area is 75.2 Å². The molecule has 0 unspecified atom stereocenters. The van der Waals surface area contributed by atoms with Crippen LogP contribution in [0.15, 0.2) is 12.1 Å². The first kappa shape index (κ1) is 9.20. The fourth-order valence-corrected chi connectivity index (χ4v) is 1.42. The Morgan fingerprint density at radius 2 is 2.08 bits per heavy atom. The van der Waals surface area contributed by atoms with E-state index in [0.29, 0.717) is 5.56 Å². The normalized spacial score (nSPS) is 10.0. The minimum atomic E-state index is -0.549. The molecule has 0 aromatic heterocycles. The van der Waals surface area contributed by atoms with E-state index >= 15 is 0 Å². The molecule has 3 heteroatoms. The molecule has 0 aliphatic rings. The summed E-state index contributed by atoms with van der Waals surface area (Å²) in [6.45, 7) is 3.09. The summed E-state index contributed by atoms with van der Waals surface area (Å²) in [7, 11) is 0. The Bertz CT molecular complexity index is 334. The SMILES string of the molecule is CC(=O)c1c(C)ccc(F)c1Cl. The summed E-state index contributed by atoms with van der Waals surface area (Å²) in [5.74, 6) is -0.760. The molecule has 0 saturated heterocycles. The standard InChI is InChI=1S/C9H8ClFO/c1-5-3-4-7(11)9(10)8(5)6(2)12/h3-4H,1-2H3. The van der Waals surface area contributed by atoms with E-state index < -0.39 is 5.82 Å². The van der Waals surface area contributed by atoms with E-state index in [4.69, 9.17) is 11.6 Å². The minimum absolute atomic E-state index is 0.0810. The van der Waals surface area contributed by atoms with Crippen molar-refractivity contribution in [3.05, 3.63) is 34.1 Å². The van der Waals surface area contributed by atoms with Gasteiger partial charge in [0.25, 0.3) is 0 Å². The Kier molecular flexibility index (Phi) is 2.48. The molecule has 0 N–H and O–H groups in total. The predicted molar refractivity (Wildman–Crippen MR) is 46.2 cm³/mol. The van der Waals surface area contributed by atoms with Gasteiger partial charge in [-0.2, -0.15) is 0 Å². The Morgan fingerprint density at radius 1 is 1.50 bits per heavy atom. The summed E-state index contributed by atoms with van der Waals surface area (Å²) in [6.07, 6.45) is 0. The molecule has 0 aliphatic heterocycles. The van der Waals surface area contributed by atoms with E-state index in [0.717, 1.165) is 0 Å². The second-order valence-corrected chi connectivity index (χ2v) is 2.99. The van der Waals surface area contributed by atoms with Crippen molar-refractivity contribution in [1.29, 1.82) is 0 Å². The Hall–Kier alpha value is -0.890. The van der Waals surface area contributed by atoms with Crippen LogP contribution >= 0.6 is 11.6 Å². The van der Waals surface area contributed by atoms with Gasteiger partial charge in [0.2, 0.25) is 0 Å². The lowest BCUT2D eigenvalue weighted by molar-refractivity contribution is 0.101. The average molecular weight is 187 g/mol. The van der Waals surface area contributed by atoms with Crippen LogP contribution in [-0.4, -0.2) is 5.78 Å². The van der Waals surface area contributed by atoms with Crippen molar-refractivity contribution in [3.63, 3.8) is 0 Å². The third kappa shape index (κ3) is 1.48. The zero-order valence-corrected chi connectivity index (χ0v) is 7.57. The molecule has 0 fully saturated rings. The fraction of sp³-hybridized carbons (Fsp3) is 0.222. The van der Waals surface area contributed by atoms with Crippen molar-refractivity contribution in [2.45, 2.75) is 13.8 Å². The van der Waals surface area contributed by atoms with Crippen LogP contribution < -0.4 is 0 Å². The van der Waals surface area contributed by atoms with Crippen LogP contribution in [-0.2, 0) is 0 Å². The number of carbonyl (C=O) groups is 1. The zero-order chi connectivity index (χ0) is 9.30. The zero-order valence-electron chi connectivity index (χ0n) is 6.82. The molecule has 0 radical (unpaired) electrons. The molecule has 0 heterocycles. The van der Waals surface area contributed by atoms with E-state index in [1.165, 1.54) is 19.1 Å². The highest BCUT2D eigenvalue weighted by atomic mass is 35.5. The molecule has 0 bridgehead atoms. The maximum Gasteiger partial charge on any atom is 0.161 e. The van der Waals surface area contributed by atoms with Crippen LogP contribution in [0.3, 0.4) is 0 Å². The molecule has 12 heavy (non-hydrogen) atoms. The van der Waals surface area contributed by atoms with E-state index in [2.05, 4.69) is 0 Å². The highest BCUT2D eigenvalue weighted by Gasteiger charge is 2.12. The van der Waals surface area contributed by atoms with Crippen LogP contribution in [0.25, 0.3) is 0 Å². The van der Waals surface area contributed by atoms with Gasteiger partial charge in [-0.1, -0.05) is 17.7 Å². The molecule has 1 rings (SSSR count). The summed E-state index contributed by atoms with van der Waals surface area (Å²) < 4.78 is 12.8. The number of hydrogen-bond donors (Lipinski definition) is 0. The van der Waals surface area contributed by atoms with Crippen LogP contribution in [0.5, 0.6) is 0 Å². The third-order valence-electron chi connectivity index (χ3n) is 1.66. The minimum Gasteiger partial charge on any atom is -0.294 e. The molecule has 0 saturated carbocycles. The molecule has 0 aliphatic carbocycles. The summed E-state index contributed by atoms with van der Waals surface area (Å²) in [5.41, 5.74) is 0.977. The first-order valence-corrected chi connectivity index (χ1v) is 3.87. The first-order valence-electron chi connectivity index (χ1n) is 3.49. The van der Waals surface area contributed by atoms with Crippen molar-refractivity contribution in [2.24, 2.45) is 0 Å². The van der Waals surface area contributed by atoms with Gasteiger partial charge in [-0.05, 0) is 25.5 Å². The number of benzene rings is 1. The molecule has 1 aromatic rings. The summed E-state index contributed by atoms with van der Waals surface area (Å²) >= 11 is 5.60. The second kappa shape index (κ2) is 3.23. The second-order valence-electron chi connectivity index (χ2n) is 2.61.